The molecule has 0 atom stereocenters. The molecule has 3 aromatic rings. The summed E-state index contributed by atoms with van der Waals surface area (Å²) in [5, 5.41) is 4.48. The highest BCUT2D eigenvalue weighted by atomic mass is 19.1. The van der Waals surface area contributed by atoms with Gasteiger partial charge in [0.15, 0.2) is 0 Å². The molecule has 0 spiro atoms. The van der Waals surface area contributed by atoms with Gasteiger partial charge in [-0.05, 0) is 54.5 Å². The molecule has 2 heterocycles. The molecule has 176 valence electrons. The highest BCUT2D eigenvalue weighted by Crippen LogP contribution is 2.12. The second-order valence-corrected chi connectivity index (χ2v) is 7.69. The lowest BCUT2D eigenvalue weighted by Gasteiger charge is -2.22. The second kappa shape index (κ2) is 9.75. The molecule has 1 aliphatic heterocycles. The quantitative estimate of drug-likeness (QED) is 0.552. The normalized spacial score (nSPS) is 13.0. The van der Waals surface area contributed by atoms with Gasteiger partial charge in [-0.15, -0.1) is 0 Å². The number of hydroxylamine groups is 1. The zero-order chi connectivity index (χ0) is 24.2. The average molecular weight is 465 g/mol. The number of rotatable bonds is 7. The third-order valence-electron chi connectivity index (χ3n) is 5.35. The number of hydrogen-bond donors (Lipinski definition) is 2. The molecular formula is C24H24FN5O4. The summed E-state index contributed by atoms with van der Waals surface area (Å²) in [5.41, 5.74) is 3.78. The number of hydrazine groups is 1. The fraction of sp³-hybridized carbons (Fsp3) is 0.208. The molecule has 0 radical (unpaired) electrons. The molecule has 4 rings (SSSR count). The molecular weight excluding hydrogens is 441 g/mol. The fourth-order valence-corrected chi connectivity index (χ4v) is 3.67. The molecule has 9 nitrogen and oxygen atoms in total. The summed E-state index contributed by atoms with van der Waals surface area (Å²) in [5.74, 6) is -0.826. The number of aryl methyl sites for hydroxylation is 1. The standard InChI is InChI=1S/C24H24FN5O4/c1-3-34-30-15-17(9-10-27-30)13-26-22(31)18-7-8-21-20(12-18)23(32)29(24(33)28(21)2)14-16-5-4-6-19(25)11-16/h4-12,15,27H,3,13-14H2,1-2H3,(H,26,31). The topological polar surface area (TPSA) is 97.6 Å². The van der Waals surface area contributed by atoms with Gasteiger partial charge in [-0.3, -0.25) is 29.0 Å². The summed E-state index contributed by atoms with van der Waals surface area (Å²) < 4.78 is 15.9. The van der Waals surface area contributed by atoms with Gasteiger partial charge >= 0.3 is 5.69 Å². The summed E-state index contributed by atoms with van der Waals surface area (Å²) in [4.78, 5) is 44.0. The van der Waals surface area contributed by atoms with Crippen LogP contribution in [0, 0.1) is 5.82 Å². The Bertz CT molecular complexity index is 1420. The Morgan fingerprint density at radius 2 is 2.00 bits per heavy atom. The minimum absolute atomic E-state index is 0.0829. The van der Waals surface area contributed by atoms with E-state index in [9.17, 15) is 18.8 Å². The van der Waals surface area contributed by atoms with Gasteiger partial charge in [-0.1, -0.05) is 12.1 Å². The molecule has 0 aliphatic carbocycles. The van der Waals surface area contributed by atoms with Crippen LogP contribution in [0.15, 0.2) is 76.1 Å². The van der Waals surface area contributed by atoms with E-state index in [1.165, 1.54) is 34.0 Å². The first-order chi connectivity index (χ1) is 16.4. The Morgan fingerprint density at radius 1 is 1.18 bits per heavy atom. The summed E-state index contributed by atoms with van der Waals surface area (Å²) in [6.45, 7) is 2.50. The molecule has 1 amide bonds. The van der Waals surface area contributed by atoms with Crippen LogP contribution in [0.4, 0.5) is 4.39 Å². The number of benzene rings is 2. The Labute approximate surface area is 194 Å². The van der Waals surface area contributed by atoms with E-state index >= 15 is 0 Å². The minimum atomic E-state index is -0.548. The number of carbonyl (C=O) groups excluding carboxylic acids is 1. The molecule has 10 heteroatoms. The van der Waals surface area contributed by atoms with E-state index in [-0.39, 0.29) is 29.9 Å². The number of halogens is 1. The maximum atomic E-state index is 13.6. The van der Waals surface area contributed by atoms with Crippen molar-refractivity contribution in [1.29, 1.82) is 0 Å². The predicted octanol–water partition coefficient (Wildman–Crippen LogP) is 1.79. The second-order valence-electron chi connectivity index (χ2n) is 7.69. The van der Waals surface area contributed by atoms with Gasteiger partial charge in [0.05, 0.1) is 30.3 Å². The maximum Gasteiger partial charge on any atom is 0.331 e. The zero-order valence-electron chi connectivity index (χ0n) is 18.7. The Balaban J connectivity index is 1.61. The summed E-state index contributed by atoms with van der Waals surface area (Å²) in [7, 11) is 1.55. The largest absolute Gasteiger partial charge is 0.348 e. The van der Waals surface area contributed by atoms with Crippen LogP contribution in [-0.4, -0.2) is 33.4 Å². The summed E-state index contributed by atoms with van der Waals surface area (Å²) in [6, 6.07) is 10.3. The van der Waals surface area contributed by atoms with E-state index in [4.69, 9.17) is 4.84 Å². The Hall–Kier alpha value is -4.18. The lowest BCUT2D eigenvalue weighted by molar-refractivity contribution is -0.144. The van der Waals surface area contributed by atoms with Crippen molar-refractivity contribution < 1.29 is 14.0 Å². The van der Waals surface area contributed by atoms with Gasteiger partial charge in [-0.2, -0.15) is 5.17 Å². The minimum Gasteiger partial charge on any atom is -0.348 e. The Morgan fingerprint density at radius 3 is 2.76 bits per heavy atom. The van der Waals surface area contributed by atoms with Gasteiger partial charge in [-0.25, -0.2) is 9.18 Å². The van der Waals surface area contributed by atoms with E-state index < -0.39 is 17.1 Å². The van der Waals surface area contributed by atoms with Crippen molar-refractivity contribution >= 4 is 16.8 Å². The van der Waals surface area contributed by atoms with Crippen LogP contribution < -0.4 is 22.0 Å². The van der Waals surface area contributed by atoms with Gasteiger partial charge < -0.3 is 5.32 Å². The monoisotopic (exact) mass is 465 g/mol. The smallest absolute Gasteiger partial charge is 0.331 e. The van der Waals surface area contributed by atoms with Crippen molar-refractivity contribution in [3.63, 3.8) is 0 Å². The molecule has 0 unspecified atom stereocenters. The van der Waals surface area contributed by atoms with Gasteiger partial charge in [0.2, 0.25) is 0 Å². The molecule has 1 aromatic heterocycles. The van der Waals surface area contributed by atoms with Crippen LogP contribution >= 0.6 is 0 Å². The molecule has 0 fully saturated rings. The van der Waals surface area contributed by atoms with Crippen molar-refractivity contribution in [1.82, 2.24) is 25.0 Å². The van der Waals surface area contributed by atoms with Crippen molar-refractivity contribution in [2.45, 2.75) is 13.5 Å². The lowest BCUT2D eigenvalue weighted by Crippen LogP contribution is -2.39. The molecule has 2 aromatic carbocycles. The van der Waals surface area contributed by atoms with E-state index in [1.807, 2.05) is 6.92 Å². The summed E-state index contributed by atoms with van der Waals surface area (Å²) >= 11 is 0. The van der Waals surface area contributed by atoms with E-state index in [0.717, 1.165) is 10.1 Å². The molecule has 34 heavy (non-hydrogen) atoms. The van der Waals surface area contributed by atoms with Crippen LogP contribution in [0.25, 0.3) is 10.9 Å². The summed E-state index contributed by atoms with van der Waals surface area (Å²) in [6.07, 6.45) is 5.21. The number of amides is 1. The number of nitrogens with zero attached hydrogens (tertiary/aromatic N) is 3. The van der Waals surface area contributed by atoms with E-state index in [0.29, 0.717) is 17.7 Å². The number of carbonyl (C=O) groups is 1. The van der Waals surface area contributed by atoms with Crippen LogP contribution in [0.5, 0.6) is 0 Å². The van der Waals surface area contributed by atoms with Crippen molar-refractivity contribution in [2.75, 3.05) is 13.2 Å². The third-order valence-corrected chi connectivity index (χ3v) is 5.35. The highest BCUT2D eigenvalue weighted by molar-refractivity contribution is 5.98. The fourth-order valence-electron chi connectivity index (χ4n) is 3.67. The van der Waals surface area contributed by atoms with Crippen LogP contribution in [-0.2, 0) is 18.4 Å². The average Bonchev–Trinajstić information content (AvgIpc) is 2.84. The molecule has 0 saturated carbocycles. The number of hydrogen-bond acceptors (Lipinski definition) is 6. The molecule has 0 bridgehead atoms. The zero-order valence-corrected chi connectivity index (χ0v) is 18.7. The number of aromatic nitrogens is 2. The molecule has 1 aliphatic rings. The van der Waals surface area contributed by atoms with Gasteiger partial charge in [0.25, 0.3) is 11.5 Å². The predicted molar refractivity (Wildman–Crippen MR) is 125 cm³/mol. The van der Waals surface area contributed by atoms with Crippen molar-refractivity contribution in [3.8, 4) is 0 Å². The van der Waals surface area contributed by atoms with Crippen LogP contribution in [0.3, 0.4) is 0 Å². The molecule has 0 saturated heterocycles. The van der Waals surface area contributed by atoms with Gasteiger partial charge in [0.1, 0.15) is 5.82 Å². The first-order valence-corrected chi connectivity index (χ1v) is 10.7. The van der Waals surface area contributed by atoms with E-state index in [1.54, 1.807) is 43.7 Å². The van der Waals surface area contributed by atoms with Gasteiger partial charge in [0, 0.05) is 25.4 Å². The number of fused-ring (bicyclic) bond motifs is 1. The van der Waals surface area contributed by atoms with Crippen LogP contribution in [0.2, 0.25) is 0 Å². The third kappa shape index (κ3) is 4.76. The lowest BCUT2D eigenvalue weighted by atomic mass is 10.1. The SMILES string of the molecule is CCON1C=C(CNC(=O)c2ccc3c(c2)c(=O)n(Cc2cccc(F)c2)c(=O)n3C)C=CN1. The maximum absolute atomic E-state index is 13.6. The molecule has 2 N–H and O–H groups in total. The highest BCUT2D eigenvalue weighted by Gasteiger charge is 2.15. The number of nitrogens with one attached hydrogen (secondary N) is 2. The van der Waals surface area contributed by atoms with E-state index in [2.05, 4.69) is 10.7 Å². The first-order valence-electron chi connectivity index (χ1n) is 10.7. The van der Waals surface area contributed by atoms with Crippen molar-refractivity contribution in [2.24, 2.45) is 7.05 Å². The van der Waals surface area contributed by atoms with Crippen LogP contribution in [0.1, 0.15) is 22.8 Å². The first kappa shape index (κ1) is 23.0. The Kier molecular flexibility index (Phi) is 6.60. The van der Waals surface area contributed by atoms with Crippen molar-refractivity contribution in [3.05, 3.63) is 104 Å².